The van der Waals surface area contributed by atoms with Gasteiger partial charge in [0.15, 0.2) is 9.84 Å². The molecule has 1 fully saturated rings. The van der Waals surface area contributed by atoms with E-state index in [4.69, 9.17) is 5.73 Å². The molecule has 2 unspecified atom stereocenters. The third kappa shape index (κ3) is 3.95. The van der Waals surface area contributed by atoms with Crippen molar-refractivity contribution in [1.29, 1.82) is 0 Å². The summed E-state index contributed by atoms with van der Waals surface area (Å²) >= 11 is 0. The lowest BCUT2D eigenvalue weighted by Crippen LogP contribution is -2.55. The minimum Gasteiger partial charge on any atom is -0.508 e. The van der Waals surface area contributed by atoms with E-state index in [0.717, 1.165) is 5.56 Å². The van der Waals surface area contributed by atoms with Gasteiger partial charge in [0.25, 0.3) is 0 Å². The second-order valence-corrected chi connectivity index (χ2v) is 7.70. The van der Waals surface area contributed by atoms with E-state index in [1.807, 2.05) is 0 Å². The second-order valence-electron chi connectivity index (χ2n) is 5.47. The van der Waals surface area contributed by atoms with Crippen molar-refractivity contribution >= 4 is 15.7 Å². The van der Waals surface area contributed by atoms with Gasteiger partial charge in [-0.15, -0.1) is 0 Å². The van der Waals surface area contributed by atoms with Crippen molar-refractivity contribution in [2.45, 2.75) is 25.4 Å². The molecule has 0 spiro atoms. The fourth-order valence-electron chi connectivity index (χ4n) is 2.51. The van der Waals surface area contributed by atoms with E-state index in [9.17, 15) is 18.3 Å². The smallest absolute Gasteiger partial charge is 0.240 e. The Kier molecular flexibility index (Phi) is 4.53. The number of nitrogens with zero attached hydrogens (tertiary/aromatic N) is 1. The first-order chi connectivity index (χ1) is 9.78. The van der Waals surface area contributed by atoms with E-state index in [-0.39, 0.29) is 35.7 Å². The molecule has 1 aliphatic rings. The summed E-state index contributed by atoms with van der Waals surface area (Å²) in [5.74, 6) is -0.0846. The van der Waals surface area contributed by atoms with Gasteiger partial charge in [0.1, 0.15) is 5.75 Å². The fourth-order valence-corrected chi connectivity index (χ4v) is 4.07. The molecule has 1 saturated heterocycles. The highest BCUT2D eigenvalue weighted by atomic mass is 32.2. The van der Waals surface area contributed by atoms with E-state index >= 15 is 0 Å². The molecule has 0 aromatic heterocycles. The summed E-state index contributed by atoms with van der Waals surface area (Å²) in [5.41, 5.74) is 6.80. The summed E-state index contributed by atoms with van der Waals surface area (Å²) in [6.07, 6.45) is 0.356. The zero-order valence-electron chi connectivity index (χ0n) is 11.9. The molecule has 1 amide bonds. The van der Waals surface area contributed by atoms with Gasteiger partial charge < -0.3 is 15.7 Å². The number of aromatic hydroxyl groups is 1. The molecular formula is C14H20N2O4S. The molecule has 6 nitrogen and oxygen atoms in total. The number of amides is 1. The second kappa shape index (κ2) is 6.03. The molecule has 2 atom stereocenters. The molecule has 116 valence electrons. The van der Waals surface area contributed by atoms with Crippen molar-refractivity contribution in [1.82, 2.24) is 4.90 Å². The van der Waals surface area contributed by atoms with E-state index in [2.05, 4.69) is 0 Å². The van der Waals surface area contributed by atoms with E-state index in [1.165, 1.54) is 0 Å². The molecule has 7 heteroatoms. The first-order valence-corrected chi connectivity index (χ1v) is 8.65. The average molecular weight is 312 g/mol. The summed E-state index contributed by atoms with van der Waals surface area (Å²) in [6, 6.07) is 5.46. The summed E-state index contributed by atoms with van der Waals surface area (Å²) in [6.45, 7) is 1.92. The lowest BCUT2D eigenvalue weighted by molar-refractivity contribution is -0.134. The molecule has 1 heterocycles. The van der Waals surface area contributed by atoms with Gasteiger partial charge in [-0.3, -0.25) is 4.79 Å². The third-order valence-electron chi connectivity index (χ3n) is 3.66. The third-order valence-corrected chi connectivity index (χ3v) is 5.46. The number of phenolic OH excluding ortho intramolecular Hbond substituents is 1. The number of phenols is 1. The van der Waals surface area contributed by atoms with Crippen molar-refractivity contribution in [3.05, 3.63) is 29.8 Å². The Morgan fingerprint density at radius 1 is 1.43 bits per heavy atom. The summed E-state index contributed by atoms with van der Waals surface area (Å²) in [4.78, 5) is 13.9. The Morgan fingerprint density at radius 3 is 2.62 bits per heavy atom. The quantitative estimate of drug-likeness (QED) is 0.812. The van der Waals surface area contributed by atoms with Crippen molar-refractivity contribution in [2.75, 3.05) is 18.1 Å². The minimum atomic E-state index is -3.05. The maximum absolute atomic E-state index is 12.3. The number of hydrogen-bond donors (Lipinski definition) is 2. The van der Waals surface area contributed by atoms with Crippen molar-refractivity contribution in [2.24, 2.45) is 5.73 Å². The number of rotatable bonds is 3. The van der Waals surface area contributed by atoms with Crippen LogP contribution >= 0.6 is 0 Å². The molecule has 3 N–H and O–H groups in total. The maximum atomic E-state index is 12.3. The van der Waals surface area contributed by atoms with Crippen LogP contribution in [0.15, 0.2) is 24.3 Å². The van der Waals surface area contributed by atoms with E-state index < -0.39 is 15.9 Å². The van der Waals surface area contributed by atoms with Crippen LogP contribution in [0.5, 0.6) is 5.75 Å². The van der Waals surface area contributed by atoms with Crippen LogP contribution in [0, 0.1) is 0 Å². The number of benzene rings is 1. The molecule has 0 saturated carbocycles. The highest BCUT2D eigenvalue weighted by Gasteiger charge is 2.33. The predicted molar refractivity (Wildman–Crippen MR) is 79.6 cm³/mol. The average Bonchev–Trinajstić information content (AvgIpc) is 2.39. The van der Waals surface area contributed by atoms with Gasteiger partial charge in [0, 0.05) is 12.6 Å². The van der Waals surface area contributed by atoms with Gasteiger partial charge in [-0.2, -0.15) is 0 Å². The Labute approximate surface area is 124 Å². The van der Waals surface area contributed by atoms with Gasteiger partial charge >= 0.3 is 0 Å². The molecule has 21 heavy (non-hydrogen) atoms. The lowest BCUT2D eigenvalue weighted by atomic mass is 10.0. The normalized spacial score (nSPS) is 22.8. The maximum Gasteiger partial charge on any atom is 0.240 e. The summed E-state index contributed by atoms with van der Waals surface area (Å²) < 4.78 is 23.1. The van der Waals surface area contributed by atoms with Crippen molar-refractivity contribution in [3.63, 3.8) is 0 Å². The zero-order valence-corrected chi connectivity index (χ0v) is 12.7. The first-order valence-electron chi connectivity index (χ1n) is 6.83. The van der Waals surface area contributed by atoms with Crippen LogP contribution in [0.4, 0.5) is 0 Å². The minimum absolute atomic E-state index is 0.00495. The predicted octanol–water partition coefficient (Wildman–Crippen LogP) is -0.0925. The van der Waals surface area contributed by atoms with Gasteiger partial charge in [-0.05, 0) is 31.0 Å². The molecule has 1 aromatic rings. The number of carbonyl (C=O) groups is 1. The van der Waals surface area contributed by atoms with Crippen LogP contribution in [-0.2, 0) is 21.1 Å². The number of nitrogens with two attached hydrogens (primary N) is 1. The number of sulfone groups is 1. The van der Waals surface area contributed by atoms with Crippen LogP contribution in [-0.4, -0.2) is 54.5 Å². The molecule has 0 bridgehead atoms. The van der Waals surface area contributed by atoms with E-state index in [1.54, 1.807) is 36.1 Å². The van der Waals surface area contributed by atoms with Crippen molar-refractivity contribution < 1.29 is 18.3 Å². The first kappa shape index (κ1) is 15.8. The highest BCUT2D eigenvalue weighted by molar-refractivity contribution is 7.91. The molecule has 2 rings (SSSR count). The topological polar surface area (TPSA) is 101 Å². The monoisotopic (exact) mass is 312 g/mol. The Balaban J connectivity index is 2.01. The van der Waals surface area contributed by atoms with Crippen LogP contribution in [0.2, 0.25) is 0 Å². The van der Waals surface area contributed by atoms with E-state index in [0.29, 0.717) is 6.42 Å². The van der Waals surface area contributed by atoms with Crippen molar-refractivity contribution in [3.8, 4) is 5.75 Å². The highest BCUT2D eigenvalue weighted by Crippen LogP contribution is 2.15. The summed E-state index contributed by atoms with van der Waals surface area (Å²) in [7, 11) is -3.05. The van der Waals surface area contributed by atoms with Crippen LogP contribution in [0.3, 0.4) is 0 Å². The Morgan fingerprint density at radius 2 is 2.05 bits per heavy atom. The van der Waals surface area contributed by atoms with Gasteiger partial charge in [-0.1, -0.05) is 12.1 Å². The zero-order chi connectivity index (χ0) is 15.6. The number of hydrogen-bond acceptors (Lipinski definition) is 5. The molecule has 0 aliphatic carbocycles. The molecule has 0 radical (unpaired) electrons. The largest absolute Gasteiger partial charge is 0.508 e. The number of carbonyl (C=O) groups excluding carboxylic acids is 1. The fraction of sp³-hybridized carbons (Fsp3) is 0.500. The molecular weight excluding hydrogens is 292 g/mol. The summed E-state index contributed by atoms with van der Waals surface area (Å²) in [5, 5.41) is 9.22. The van der Waals surface area contributed by atoms with Gasteiger partial charge in [0.2, 0.25) is 5.91 Å². The molecule has 1 aliphatic heterocycles. The SMILES string of the molecule is CC1CS(=O)(=O)CCN1C(=O)C(N)Cc1ccc(O)cc1. The molecule has 1 aromatic carbocycles. The lowest BCUT2D eigenvalue weighted by Gasteiger charge is -2.34. The van der Waals surface area contributed by atoms with Gasteiger partial charge in [0.05, 0.1) is 17.5 Å². The Bertz CT molecular complexity index is 612. The van der Waals surface area contributed by atoms with Crippen LogP contribution in [0.25, 0.3) is 0 Å². The standard InChI is InChI=1S/C14H20N2O4S/c1-10-9-21(19,20)7-6-16(10)14(18)13(15)8-11-2-4-12(17)5-3-11/h2-5,10,13,17H,6-9,15H2,1H3. The Hall–Kier alpha value is -1.60. The van der Waals surface area contributed by atoms with Crippen LogP contribution < -0.4 is 5.73 Å². The van der Waals surface area contributed by atoms with Crippen LogP contribution in [0.1, 0.15) is 12.5 Å². The van der Waals surface area contributed by atoms with Gasteiger partial charge in [-0.25, -0.2) is 8.42 Å².